The van der Waals surface area contributed by atoms with Crippen LogP contribution >= 0.6 is 0 Å². The van der Waals surface area contributed by atoms with E-state index in [9.17, 15) is 0 Å². The molecule has 0 bridgehead atoms. The van der Waals surface area contributed by atoms with E-state index in [1.807, 2.05) is 0 Å². The standard InChI is InChI=1S/2C20H15.C2H7Si.2ClH.Hf/c2*1-14-12-16-8-5-11-19(20(16)13-14)18-10-4-7-15-6-2-3-9-17(15)18;1-3-2;;;/h2*2-13H,1H3;3H,1-2H3;2*1H;/q;;;;;+2/p-2. The smallest absolute Gasteiger partial charge is 1.00 e. The molecule has 2 atom stereocenters. The summed E-state index contributed by atoms with van der Waals surface area (Å²) < 4.78 is 1.30. The predicted octanol–water partition coefficient (Wildman–Crippen LogP) is 5.55. The molecule has 8 rings (SSSR count). The molecule has 227 valence electrons. The molecule has 46 heavy (non-hydrogen) atoms. The van der Waals surface area contributed by atoms with Gasteiger partial charge in [0.25, 0.3) is 0 Å². The number of rotatable bonds is 5. The van der Waals surface area contributed by atoms with Gasteiger partial charge in [-0.1, -0.05) is 0 Å². The molecule has 0 heterocycles. The van der Waals surface area contributed by atoms with Gasteiger partial charge in [0, 0.05) is 0 Å². The van der Waals surface area contributed by atoms with Crippen LogP contribution in [0.2, 0.25) is 13.1 Å². The van der Waals surface area contributed by atoms with Crippen LogP contribution in [0.4, 0.5) is 0 Å². The second-order valence-electron chi connectivity index (χ2n) is 13.0. The van der Waals surface area contributed by atoms with Crippen LogP contribution in [-0.2, 0) is 20.6 Å². The number of benzene rings is 6. The summed E-state index contributed by atoms with van der Waals surface area (Å²) in [5, 5.41) is 5.33. The zero-order valence-electron chi connectivity index (χ0n) is 26.7. The quantitative estimate of drug-likeness (QED) is 0.201. The minimum Gasteiger partial charge on any atom is -1.00 e. The first-order valence-electron chi connectivity index (χ1n) is 16.0. The summed E-state index contributed by atoms with van der Waals surface area (Å²) in [5.74, 6) is -0.915. The molecule has 0 saturated heterocycles. The average molecular weight is 819 g/mol. The van der Waals surface area contributed by atoms with Crippen molar-refractivity contribution in [2.45, 2.75) is 34.3 Å². The number of fused-ring (bicyclic) bond motifs is 4. The van der Waals surface area contributed by atoms with E-state index in [2.05, 4.69) is 160 Å². The summed E-state index contributed by atoms with van der Waals surface area (Å²) in [6.45, 7) is 10.2. The zero-order valence-corrected chi connectivity index (χ0v) is 32.9. The molecule has 0 N–H and O–H groups in total. The fourth-order valence-electron chi connectivity index (χ4n) is 8.21. The number of hydrogen-bond acceptors (Lipinski definition) is 0. The van der Waals surface area contributed by atoms with Crippen molar-refractivity contribution in [3.63, 3.8) is 0 Å². The fourth-order valence-corrected chi connectivity index (χ4v) is 41.1. The number of allylic oxidation sites excluding steroid dienone is 2. The average Bonchev–Trinajstić information content (AvgIpc) is 3.56. The minimum atomic E-state index is -2.35. The van der Waals surface area contributed by atoms with Gasteiger partial charge in [-0.2, -0.15) is 0 Å². The Kier molecular flexibility index (Phi) is 9.47. The van der Waals surface area contributed by atoms with Crippen LogP contribution in [0.25, 0.3) is 56.0 Å². The first-order chi connectivity index (χ1) is 21.5. The monoisotopic (exact) mass is 819 g/mol. The van der Waals surface area contributed by atoms with Crippen molar-refractivity contribution in [2.24, 2.45) is 0 Å². The molecule has 0 fully saturated rings. The number of hydrogen-bond donors (Lipinski definition) is 0. The molecule has 0 amide bonds. The Morgan fingerprint density at radius 3 is 1.26 bits per heavy atom. The Labute approximate surface area is 294 Å². The molecule has 0 saturated carbocycles. The molecular weight excluding hydrogens is 782 g/mol. The van der Waals surface area contributed by atoms with Gasteiger partial charge in [-0.3, -0.25) is 0 Å². The van der Waals surface area contributed by atoms with Gasteiger partial charge in [0.05, 0.1) is 0 Å². The second kappa shape index (κ2) is 13.2. The van der Waals surface area contributed by atoms with Crippen molar-refractivity contribution in [3.8, 4) is 22.3 Å². The van der Waals surface area contributed by atoms with Crippen molar-refractivity contribution >= 4 is 39.7 Å². The molecule has 6 aromatic rings. The van der Waals surface area contributed by atoms with Gasteiger partial charge in [0.15, 0.2) is 0 Å². The van der Waals surface area contributed by atoms with E-state index in [4.69, 9.17) is 0 Å². The molecule has 4 heteroatoms. The Balaban J connectivity index is 0.00000186. The summed E-state index contributed by atoms with van der Waals surface area (Å²) in [7, 11) is 0. The van der Waals surface area contributed by atoms with Crippen LogP contribution in [0, 0.1) is 0 Å². The largest absolute Gasteiger partial charge is 1.00 e. The van der Waals surface area contributed by atoms with Crippen molar-refractivity contribution in [1.29, 1.82) is 0 Å². The van der Waals surface area contributed by atoms with E-state index in [1.54, 1.807) is 22.3 Å². The van der Waals surface area contributed by atoms with Gasteiger partial charge in [0.1, 0.15) is 0 Å². The zero-order chi connectivity index (χ0) is 29.9. The number of halogens is 2. The van der Waals surface area contributed by atoms with Gasteiger partial charge in [0.2, 0.25) is 0 Å². The van der Waals surface area contributed by atoms with E-state index in [0.29, 0.717) is 7.35 Å². The van der Waals surface area contributed by atoms with Crippen LogP contribution in [-0.4, -0.2) is 5.98 Å². The van der Waals surface area contributed by atoms with Crippen LogP contribution in [0.1, 0.15) is 43.5 Å². The third-order valence-electron chi connectivity index (χ3n) is 10.0. The Morgan fingerprint density at radius 1 is 0.457 bits per heavy atom. The van der Waals surface area contributed by atoms with Crippen LogP contribution in [0.15, 0.2) is 132 Å². The van der Waals surface area contributed by atoms with Gasteiger partial charge in [-0.05, 0) is 0 Å². The van der Waals surface area contributed by atoms with Crippen molar-refractivity contribution in [1.82, 2.24) is 0 Å². The predicted molar refractivity (Wildman–Crippen MR) is 190 cm³/mol. The van der Waals surface area contributed by atoms with E-state index < -0.39 is 26.6 Å². The third kappa shape index (κ3) is 5.32. The maximum Gasteiger partial charge on any atom is -1.00 e. The molecule has 2 aliphatic carbocycles. The second-order valence-corrected chi connectivity index (χ2v) is 40.9. The molecule has 6 aromatic carbocycles. The van der Waals surface area contributed by atoms with Gasteiger partial charge < -0.3 is 24.8 Å². The van der Waals surface area contributed by atoms with Crippen molar-refractivity contribution in [2.75, 3.05) is 0 Å². The summed E-state index contributed by atoms with van der Waals surface area (Å²) in [4.78, 5) is 0. The Bertz CT molecular complexity index is 2000. The van der Waals surface area contributed by atoms with E-state index in [0.717, 1.165) is 0 Å². The molecule has 0 spiro atoms. The van der Waals surface area contributed by atoms with Gasteiger partial charge >= 0.3 is 272 Å². The molecule has 0 aromatic heterocycles. The summed E-state index contributed by atoms with van der Waals surface area (Å²) in [6.07, 6.45) is 5.14. The van der Waals surface area contributed by atoms with Crippen LogP contribution in [0.3, 0.4) is 0 Å². The first-order valence-corrected chi connectivity index (χ1v) is 29.2. The maximum atomic E-state index is 2.67. The molecule has 0 aliphatic heterocycles. The van der Waals surface area contributed by atoms with Crippen LogP contribution < -0.4 is 24.8 Å². The topological polar surface area (TPSA) is 0 Å². The SMILES string of the molecule is CC1=Cc2c(-c3cccc4ccccc34)cccc2[CH]1[Hf+2]([CH]1C(C)=Cc2c(-c3cccc4ccccc34)cccc21)[SiH](C)C.[Cl-].[Cl-]. The van der Waals surface area contributed by atoms with Crippen molar-refractivity contribution in [3.05, 3.63) is 155 Å². The van der Waals surface area contributed by atoms with Crippen molar-refractivity contribution < 1.29 is 45.4 Å². The van der Waals surface area contributed by atoms with Gasteiger partial charge in [-0.15, -0.1) is 0 Å². The molecule has 2 aliphatic rings. The Morgan fingerprint density at radius 2 is 0.826 bits per heavy atom. The fraction of sp³-hybridized carbons (Fsp3) is 0.143. The summed E-state index contributed by atoms with van der Waals surface area (Å²) >= 11 is -2.35. The normalized spacial score (nSPS) is 16.4. The molecule has 0 nitrogen and oxygen atoms in total. The molecule has 2 unspecified atom stereocenters. The van der Waals surface area contributed by atoms with Crippen LogP contribution in [0.5, 0.6) is 0 Å². The first kappa shape index (κ1) is 32.9. The maximum absolute atomic E-state index is 2.67. The molecular formula is C42H37Cl2HfSi. The van der Waals surface area contributed by atoms with E-state index >= 15 is 0 Å². The van der Waals surface area contributed by atoms with E-state index in [1.165, 1.54) is 54.9 Å². The third-order valence-corrected chi connectivity index (χ3v) is 41.5. The Hall–Kier alpha value is -3.01. The summed E-state index contributed by atoms with van der Waals surface area (Å²) in [6, 6.07) is 45.6. The molecule has 0 radical (unpaired) electrons. The van der Waals surface area contributed by atoms with E-state index in [-0.39, 0.29) is 24.8 Å². The summed E-state index contributed by atoms with van der Waals surface area (Å²) in [5.41, 5.74) is 14.9. The minimum absolute atomic E-state index is 0. The van der Waals surface area contributed by atoms with Gasteiger partial charge in [-0.25, -0.2) is 0 Å².